The van der Waals surface area contributed by atoms with E-state index in [4.69, 9.17) is 19.9 Å². The standard InChI is InChI=1S/C21H25NO4/c1-5-12-24-20(23)16-8-11-18(22)19(13-16)25-14-15-6-9-17(10-7-15)26-21(2,3)4/h5-11,13H,1,12,14,22H2,2-4H3. The van der Waals surface area contributed by atoms with Crippen LogP contribution in [0.25, 0.3) is 0 Å². The largest absolute Gasteiger partial charge is 0.488 e. The summed E-state index contributed by atoms with van der Waals surface area (Å²) in [5.74, 6) is 0.791. The fourth-order valence-electron chi connectivity index (χ4n) is 2.17. The molecule has 2 aromatic carbocycles. The van der Waals surface area contributed by atoms with Crippen LogP contribution in [-0.2, 0) is 11.3 Å². The Labute approximate surface area is 154 Å². The molecule has 5 heteroatoms. The van der Waals surface area contributed by atoms with Gasteiger partial charge < -0.3 is 19.9 Å². The lowest BCUT2D eigenvalue weighted by Gasteiger charge is -2.21. The number of anilines is 1. The third-order valence-corrected chi connectivity index (χ3v) is 3.32. The maximum absolute atomic E-state index is 11.9. The van der Waals surface area contributed by atoms with E-state index in [0.29, 0.717) is 23.6 Å². The van der Waals surface area contributed by atoms with Crippen LogP contribution < -0.4 is 15.2 Å². The van der Waals surface area contributed by atoms with Crippen LogP contribution in [0.15, 0.2) is 55.1 Å². The normalized spacial score (nSPS) is 10.9. The van der Waals surface area contributed by atoms with E-state index in [1.807, 2.05) is 45.0 Å². The highest BCUT2D eigenvalue weighted by atomic mass is 16.5. The molecule has 0 unspecified atom stereocenters. The van der Waals surface area contributed by atoms with Gasteiger partial charge in [-0.05, 0) is 56.7 Å². The second-order valence-electron chi connectivity index (χ2n) is 6.79. The molecule has 0 saturated carbocycles. The van der Waals surface area contributed by atoms with Crippen molar-refractivity contribution in [2.24, 2.45) is 0 Å². The average Bonchev–Trinajstić information content (AvgIpc) is 2.59. The van der Waals surface area contributed by atoms with Gasteiger partial charge in [0.2, 0.25) is 0 Å². The van der Waals surface area contributed by atoms with Crippen LogP contribution in [0, 0.1) is 0 Å². The van der Waals surface area contributed by atoms with Crippen LogP contribution in [0.2, 0.25) is 0 Å². The van der Waals surface area contributed by atoms with Crippen molar-refractivity contribution in [2.45, 2.75) is 33.0 Å². The first-order valence-electron chi connectivity index (χ1n) is 8.37. The summed E-state index contributed by atoms with van der Waals surface area (Å²) >= 11 is 0. The fourth-order valence-corrected chi connectivity index (χ4v) is 2.17. The molecule has 0 fully saturated rings. The predicted molar refractivity (Wildman–Crippen MR) is 102 cm³/mol. The quantitative estimate of drug-likeness (QED) is 0.454. The summed E-state index contributed by atoms with van der Waals surface area (Å²) in [5.41, 5.74) is 7.49. The van der Waals surface area contributed by atoms with Crippen LogP contribution in [0.5, 0.6) is 11.5 Å². The number of rotatable bonds is 7. The molecule has 0 aliphatic rings. The Hall–Kier alpha value is -2.95. The lowest BCUT2D eigenvalue weighted by molar-refractivity contribution is 0.0549. The molecule has 0 amide bonds. The van der Waals surface area contributed by atoms with E-state index in [1.54, 1.807) is 18.2 Å². The Morgan fingerprint density at radius 1 is 1.15 bits per heavy atom. The summed E-state index contributed by atoms with van der Waals surface area (Å²) in [4.78, 5) is 11.9. The second-order valence-corrected chi connectivity index (χ2v) is 6.79. The van der Waals surface area contributed by atoms with Crippen molar-refractivity contribution < 1.29 is 19.0 Å². The topological polar surface area (TPSA) is 70.8 Å². The Balaban J connectivity index is 2.02. The third kappa shape index (κ3) is 5.84. The summed E-state index contributed by atoms with van der Waals surface area (Å²) in [6, 6.07) is 12.5. The van der Waals surface area contributed by atoms with Crippen molar-refractivity contribution in [1.29, 1.82) is 0 Å². The molecular formula is C21H25NO4. The SMILES string of the molecule is C=CCOC(=O)c1ccc(N)c(OCc2ccc(OC(C)(C)C)cc2)c1. The lowest BCUT2D eigenvalue weighted by atomic mass is 10.1. The summed E-state index contributed by atoms with van der Waals surface area (Å²) in [6.45, 7) is 10.00. The van der Waals surface area contributed by atoms with Gasteiger partial charge in [0.25, 0.3) is 0 Å². The molecule has 26 heavy (non-hydrogen) atoms. The van der Waals surface area contributed by atoms with Crippen molar-refractivity contribution in [2.75, 3.05) is 12.3 Å². The number of ether oxygens (including phenoxy) is 3. The van der Waals surface area contributed by atoms with Crippen LogP contribution >= 0.6 is 0 Å². The van der Waals surface area contributed by atoms with Gasteiger partial charge >= 0.3 is 5.97 Å². The molecule has 0 aromatic heterocycles. The Kier molecular flexibility index (Phi) is 6.28. The van der Waals surface area contributed by atoms with Gasteiger partial charge in [0.1, 0.15) is 30.3 Å². The number of hydrogen-bond acceptors (Lipinski definition) is 5. The van der Waals surface area contributed by atoms with Gasteiger partial charge in [-0.3, -0.25) is 0 Å². The molecule has 0 spiro atoms. The molecule has 2 rings (SSSR count). The molecule has 0 heterocycles. The molecule has 0 aliphatic carbocycles. The minimum Gasteiger partial charge on any atom is -0.488 e. The van der Waals surface area contributed by atoms with Crippen molar-refractivity contribution in [1.82, 2.24) is 0 Å². The molecule has 0 saturated heterocycles. The van der Waals surface area contributed by atoms with Gasteiger partial charge in [-0.2, -0.15) is 0 Å². The lowest BCUT2D eigenvalue weighted by Crippen LogP contribution is -2.22. The molecule has 5 nitrogen and oxygen atoms in total. The molecule has 2 aromatic rings. The Morgan fingerprint density at radius 3 is 2.46 bits per heavy atom. The molecule has 0 radical (unpaired) electrons. The molecule has 138 valence electrons. The zero-order valence-corrected chi connectivity index (χ0v) is 15.5. The summed E-state index contributed by atoms with van der Waals surface area (Å²) in [6.07, 6.45) is 1.51. The fraction of sp³-hybridized carbons (Fsp3) is 0.286. The number of nitrogens with two attached hydrogens (primary N) is 1. The van der Waals surface area contributed by atoms with E-state index in [0.717, 1.165) is 11.3 Å². The molecular weight excluding hydrogens is 330 g/mol. The van der Waals surface area contributed by atoms with Gasteiger partial charge in [0, 0.05) is 0 Å². The minimum atomic E-state index is -0.446. The zero-order valence-electron chi connectivity index (χ0n) is 15.5. The first-order valence-corrected chi connectivity index (χ1v) is 8.37. The minimum absolute atomic E-state index is 0.155. The van der Waals surface area contributed by atoms with Crippen LogP contribution in [-0.4, -0.2) is 18.2 Å². The third-order valence-electron chi connectivity index (χ3n) is 3.32. The van der Waals surface area contributed by atoms with E-state index in [2.05, 4.69) is 6.58 Å². The van der Waals surface area contributed by atoms with Gasteiger partial charge in [-0.15, -0.1) is 0 Å². The van der Waals surface area contributed by atoms with Gasteiger partial charge in [-0.25, -0.2) is 4.79 Å². The van der Waals surface area contributed by atoms with Crippen LogP contribution in [0.1, 0.15) is 36.7 Å². The first-order chi connectivity index (χ1) is 12.3. The highest BCUT2D eigenvalue weighted by Gasteiger charge is 2.12. The van der Waals surface area contributed by atoms with Gasteiger partial charge in [0.05, 0.1) is 11.3 Å². The average molecular weight is 355 g/mol. The van der Waals surface area contributed by atoms with Crippen molar-refractivity contribution in [3.05, 3.63) is 66.2 Å². The molecule has 0 bridgehead atoms. The van der Waals surface area contributed by atoms with Gasteiger partial charge in [-0.1, -0.05) is 24.8 Å². The number of benzene rings is 2. The summed E-state index contributed by atoms with van der Waals surface area (Å²) in [5, 5.41) is 0. The zero-order chi connectivity index (χ0) is 19.2. The number of hydrogen-bond donors (Lipinski definition) is 1. The van der Waals surface area contributed by atoms with E-state index >= 15 is 0 Å². The summed E-state index contributed by atoms with van der Waals surface area (Å²) < 4.78 is 16.6. The highest BCUT2D eigenvalue weighted by molar-refractivity contribution is 5.90. The second kappa shape index (κ2) is 8.43. The van der Waals surface area contributed by atoms with E-state index in [9.17, 15) is 4.79 Å². The number of carbonyl (C=O) groups excluding carboxylic acids is 1. The van der Waals surface area contributed by atoms with Crippen LogP contribution in [0.3, 0.4) is 0 Å². The number of nitrogen functional groups attached to an aromatic ring is 1. The number of carbonyl (C=O) groups is 1. The van der Waals surface area contributed by atoms with Crippen molar-refractivity contribution in [3.8, 4) is 11.5 Å². The molecule has 0 aliphatic heterocycles. The van der Waals surface area contributed by atoms with E-state index in [-0.39, 0.29) is 12.2 Å². The predicted octanol–water partition coefficient (Wildman–Crippen LogP) is 4.37. The molecule has 0 atom stereocenters. The van der Waals surface area contributed by atoms with Crippen molar-refractivity contribution in [3.63, 3.8) is 0 Å². The maximum atomic E-state index is 11.9. The Bertz CT molecular complexity index is 761. The summed E-state index contributed by atoms with van der Waals surface area (Å²) in [7, 11) is 0. The first kappa shape index (κ1) is 19.4. The molecule has 2 N–H and O–H groups in total. The van der Waals surface area contributed by atoms with Crippen molar-refractivity contribution >= 4 is 11.7 Å². The van der Waals surface area contributed by atoms with Gasteiger partial charge in [0.15, 0.2) is 0 Å². The van der Waals surface area contributed by atoms with Crippen LogP contribution in [0.4, 0.5) is 5.69 Å². The number of esters is 1. The Morgan fingerprint density at radius 2 is 1.85 bits per heavy atom. The maximum Gasteiger partial charge on any atom is 0.338 e. The van der Waals surface area contributed by atoms with E-state index < -0.39 is 5.97 Å². The monoisotopic (exact) mass is 355 g/mol. The highest BCUT2D eigenvalue weighted by Crippen LogP contribution is 2.25. The van der Waals surface area contributed by atoms with E-state index in [1.165, 1.54) is 6.08 Å². The smallest absolute Gasteiger partial charge is 0.338 e.